The average molecular weight is 270 g/mol. The summed E-state index contributed by atoms with van der Waals surface area (Å²) in [4.78, 5) is 11.6. The van der Waals surface area contributed by atoms with Crippen molar-refractivity contribution in [2.45, 2.75) is 42.9 Å². The minimum Gasteiger partial charge on any atom is -0.438 e. The lowest BCUT2D eigenvalue weighted by Gasteiger charge is -2.01. The molecule has 1 aromatic rings. The zero-order chi connectivity index (χ0) is 12.8. The summed E-state index contributed by atoms with van der Waals surface area (Å²) in [5, 5.41) is 2.54. The quantitative estimate of drug-likeness (QED) is 0.820. The van der Waals surface area contributed by atoms with Crippen LogP contribution in [0.1, 0.15) is 36.2 Å². The maximum atomic E-state index is 11.8. The van der Waals surface area contributed by atoms with Crippen LogP contribution in [0.2, 0.25) is 0 Å². The summed E-state index contributed by atoms with van der Waals surface area (Å²) in [7, 11) is -3.62. The molecule has 0 radical (unpaired) electrons. The van der Waals surface area contributed by atoms with Crippen molar-refractivity contribution in [3.63, 3.8) is 0 Å². The SMILES string of the molecule is O=C(NC1CC1)c1ccc(S(=O)(=O)NC2CC2)o1. The van der Waals surface area contributed by atoms with Crippen LogP contribution in [0.3, 0.4) is 0 Å². The van der Waals surface area contributed by atoms with E-state index in [-0.39, 0.29) is 28.8 Å². The Hall–Kier alpha value is -1.34. The number of amides is 1. The van der Waals surface area contributed by atoms with Gasteiger partial charge in [0.1, 0.15) is 0 Å². The van der Waals surface area contributed by atoms with E-state index < -0.39 is 10.0 Å². The topological polar surface area (TPSA) is 88.4 Å². The molecule has 2 N–H and O–H groups in total. The van der Waals surface area contributed by atoms with Crippen LogP contribution >= 0.6 is 0 Å². The smallest absolute Gasteiger partial charge is 0.287 e. The number of sulfonamides is 1. The van der Waals surface area contributed by atoms with Crippen molar-refractivity contribution in [1.82, 2.24) is 10.0 Å². The van der Waals surface area contributed by atoms with Crippen LogP contribution in [-0.4, -0.2) is 26.4 Å². The normalized spacial score (nSPS) is 19.8. The van der Waals surface area contributed by atoms with Gasteiger partial charge in [-0.15, -0.1) is 0 Å². The minimum absolute atomic E-state index is 0.0174. The Morgan fingerprint density at radius 3 is 2.44 bits per heavy atom. The Morgan fingerprint density at radius 2 is 1.83 bits per heavy atom. The molecule has 6 nitrogen and oxygen atoms in total. The van der Waals surface area contributed by atoms with E-state index in [4.69, 9.17) is 4.42 Å². The predicted molar refractivity (Wildman–Crippen MR) is 62.5 cm³/mol. The lowest BCUT2D eigenvalue weighted by Crippen LogP contribution is -2.26. The highest BCUT2D eigenvalue weighted by atomic mass is 32.2. The Balaban J connectivity index is 1.73. The fourth-order valence-corrected chi connectivity index (χ4v) is 2.79. The van der Waals surface area contributed by atoms with Crippen molar-refractivity contribution in [3.05, 3.63) is 17.9 Å². The van der Waals surface area contributed by atoms with E-state index in [2.05, 4.69) is 10.0 Å². The molecule has 3 rings (SSSR count). The van der Waals surface area contributed by atoms with Gasteiger partial charge in [0.2, 0.25) is 5.09 Å². The van der Waals surface area contributed by atoms with Crippen molar-refractivity contribution in [1.29, 1.82) is 0 Å². The largest absolute Gasteiger partial charge is 0.438 e. The average Bonchev–Trinajstić information content (AvgIpc) is 3.21. The summed E-state index contributed by atoms with van der Waals surface area (Å²) in [5.41, 5.74) is 0. The van der Waals surface area contributed by atoms with Crippen LogP contribution in [0.5, 0.6) is 0 Å². The lowest BCUT2D eigenvalue weighted by molar-refractivity contribution is 0.0918. The molecule has 0 atom stereocenters. The third-order valence-corrected chi connectivity index (χ3v) is 4.27. The number of hydrogen-bond acceptors (Lipinski definition) is 4. The molecule has 0 aliphatic heterocycles. The summed E-state index contributed by atoms with van der Waals surface area (Å²) in [6.45, 7) is 0. The molecule has 0 aromatic carbocycles. The second-order valence-electron chi connectivity index (χ2n) is 4.76. The molecule has 7 heteroatoms. The molecule has 0 spiro atoms. The fraction of sp³-hybridized carbons (Fsp3) is 0.545. The number of nitrogens with one attached hydrogen (secondary N) is 2. The summed E-state index contributed by atoms with van der Waals surface area (Å²) in [5.74, 6) is -0.316. The van der Waals surface area contributed by atoms with E-state index in [9.17, 15) is 13.2 Å². The van der Waals surface area contributed by atoms with Crippen molar-refractivity contribution >= 4 is 15.9 Å². The third kappa shape index (κ3) is 2.56. The molecular formula is C11H14N2O4S. The number of furan rings is 1. The second kappa shape index (κ2) is 4.10. The first-order chi connectivity index (χ1) is 8.54. The second-order valence-corrected chi connectivity index (χ2v) is 6.41. The summed E-state index contributed by atoms with van der Waals surface area (Å²) >= 11 is 0. The molecule has 0 unspecified atom stereocenters. The fourth-order valence-electron chi connectivity index (χ4n) is 1.55. The van der Waals surface area contributed by atoms with Gasteiger partial charge < -0.3 is 9.73 Å². The van der Waals surface area contributed by atoms with E-state index in [1.807, 2.05) is 0 Å². The molecule has 2 fully saturated rings. The summed E-state index contributed by atoms with van der Waals surface area (Å²) in [6.07, 6.45) is 3.66. The first kappa shape index (κ1) is 11.7. The van der Waals surface area contributed by atoms with Crippen LogP contribution < -0.4 is 10.0 Å². The summed E-state index contributed by atoms with van der Waals surface area (Å²) < 4.78 is 31.2. The minimum atomic E-state index is -3.62. The van der Waals surface area contributed by atoms with Gasteiger partial charge in [-0.2, -0.15) is 0 Å². The van der Waals surface area contributed by atoms with E-state index in [0.717, 1.165) is 25.7 Å². The van der Waals surface area contributed by atoms with Crippen molar-refractivity contribution in [2.75, 3.05) is 0 Å². The molecule has 1 aromatic heterocycles. The molecule has 98 valence electrons. The maximum absolute atomic E-state index is 11.8. The Labute approximate surface area is 105 Å². The van der Waals surface area contributed by atoms with E-state index in [1.165, 1.54) is 12.1 Å². The molecule has 0 bridgehead atoms. The first-order valence-electron chi connectivity index (χ1n) is 5.97. The maximum Gasteiger partial charge on any atom is 0.287 e. The lowest BCUT2D eigenvalue weighted by atomic mass is 10.4. The van der Waals surface area contributed by atoms with Crippen molar-refractivity contribution in [3.8, 4) is 0 Å². The highest BCUT2D eigenvalue weighted by molar-refractivity contribution is 7.89. The highest BCUT2D eigenvalue weighted by Gasteiger charge is 2.31. The van der Waals surface area contributed by atoms with Gasteiger partial charge in [-0.05, 0) is 37.8 Å². The summed E-state index contributed by atoms with van der Waals surface area (Å²) in [6, 6.07) is 2.93. The Bertz CT molecular complexity index is 570. The van der Waals surface area contributed by atoms with Gasteiger partial charge in [0, 0.05) is 12.1 Å². The zero-order valence-electron chi connectivity index (χ0n) is 9.68. The van der Waals surface area contributed by atoms with Gasteiger partial charge in [0.05, 0.1) is 0 Å². The van der Waals surface area contributed by atoms with Crippen molar-refractivity contribution < 1.29 is 17.6 Å². The van der Waals surface area contributed by atoms with Crippen LogP contribution in [-0.2, 0) is 10.0 Å². The molecule has 0 saturated heterocycles. The standard InChI is InChI=1S/C11H14N2O4S/c14-11(12-7-1-2-7)9-5-6-10(17-9)18(15,16)13-8-3-4-8/h5-8,13H,1-4H2,(H,12,14). The van der Waals surface area contributed by atoms with E-state index in [0.29, 0.717) is 0 Å². The van der Waals surface area contributed by atoms with Crippen LogP contribution in [0.4, 0.5) is 0 Å². The number of hydrogen-bond donors (Lipinski definition) is 2. The Morgan fingerprint density at radius 1 is 1.17 bits per heavy atom. The first-order valence-corrected chi connectivity index (χ1v) is 7.46. The molecule has 2 aliphatic carbocycles. The van der Waals surface area contributed by atoms with Gasteiger partial charge in [-0.1, -0.05) is 0 Å². The molecular weight excluding hydrogens is 256 g/mol. The van der Waals surface area contributed by atoms with Crippen LogP contribution in [0, 0.1) is 0 Å². The zero-order valence-corrected chi connectivity index (χ0v) is 10.5. The third-order valence-electron chi connectivity index (χ3n) is 2.88. The molecule has 1 amide bonds. The molecule has 2 saturated carbocycles. The van der Waals surface area contributed by atoms with Crippen LogP contribution in [0.25, 0.3) is 0 Å². The number of carbonyl (C=O) groups is 1. The van der Waals surface area contributed by atoms with E-state index >= 15 is 0 Å². The highest BCUT2D eigenvalue weighted by Crippen LogP contribution is 2.23. The van der Waals surface area contributed by atoms with Crippen LogP contribution in [0.15, 0.2) is 21.6 Å². The van der Waals surface area contributed by atoms with Gasteiger partial charge in [-0.3, -0.25) is 4.79 Å². The number of rotatable bonds is 5. The molecule has 1 heterocycles. The Kier molecular flexibility index (Phi) is 2.67. The number of carbonyl (C=O) groups excluding carboxylic acids is 1. The monoisotopic (exact) mass is 270 g/mol. The van der Waals surface area contributed by atoms with E-state index in [1.54, 1.807) is 0 Å². The predicted octanol–water partition coefficient (Wildman–Crippen LogP) is 0.612. The van der Waals surface area contributed by atoms with Gasteiger partial charge in [0.15, 0.2) is 5.76 Å². The van der Waals surface area contributed by atoms with Gasteiger partial charge >= 0.3 is 0 Å². The molecule has 2 aliphatic rings. The van der Waals surface area contributed by atoms with Gasteiger partial charge in [0.25, 0.3) is 15.9 Å². The molecule has 18 heavy (non-hydrogen) atoms. The van der Waals surface area contributed by atoms with Crippen molar-refractivity contribution in [2.24, 2.45) is 0 Å². The van der Waals surface area contributed by atoms with Gasteiger partial charge in [-0.25, -0.2) is 13.1 Å².